The number of hydrogen-bond acceptors (Lipinski definition) is 3. The summed E-state index contributed by atoms with van der Waals surface area (Å²) in [5, 5.41) is 9.95. The Balaban J connectivity index is 2.72. The molecule has 3 atom stereocenters. The molecule has 0 radical (unpaired) electrons. The van der Waals surface area contributed by atoms with Crippen LogP contribution in [0.15, 0.2) is 0 Å². The second-order valence-corrected chi connectivity index (χ2v) is 3.81. The molecule has 1 heterocycles. The predicted octanol–water partition coefficient (Wildman–Crippen LogP) is 1.30. The van der Waals surface area contributed by atoms with E-state index in [-0.39, 0.29) is 6.10 Å². The van der Waals surface area contributed by atoms with Gasteiger partial charge in [0.05, 0.1) is 12.7 Å². The maximum absolute atomic E-state index is 9.95. The second-order valence-electron chi connectivity index (χ2n) is 3.81. The molecule has 0 spiro atoms. The summed E-state index contributed by atoms with van der Waals surface area (Å²) in [5.74, 6) is -0.832. The number of hydrogen-bond donors (Lipinski definition) is 1. The van der Waals surface area contributed by atoms with Crippen LogP contribution in [0.3, 0.4) is 0 Å². The molecule has 1 saturated heterocycles. The Labute approximate surface area is 73.7 Å². The number of aliphatic hydroxyl groups is 1. The molecule has 3 nitrogen and oxygen atoms in total. The van der Waals surface area contributed by atoms with E-state index in [4.69, 9.17) is 9.47 Å². The van der Waals surface area contributed by atoms with Crippen molar-refractivity contribution < 1.29 is 14.6 Å². The lowest BCUT2D eigenvalue weighted by molar-refractivity contribution is -0.258. The predicted molar refractivity (Wildman–Crippen MR) is 45.8 cm³/mol. The van der Waals surface area contributed by atoms with Gasteiger partial charge in [-0.3, -0.25) is 0 Å². The lowest BCUT2D eigenvalue weighted by Gasteiger charge is -2.37. The van der Waals surface area contributed by atoms with Crippen LogP contribution < -0.4 is 0 Å². The third kappa shape index (κ3) is 1.49. The largest absolute Gasteiger partial charge is 0.385 e. The molecule has 3 heteroatoms. The van der Waals surface area contributed by atoms with Gasteiger partial charge in [0.2, 0.25) is 0 Å². The van der Waals surface area contributed by atoms with Gasteiger partial charge >= 0.3 is 0 Å². The van der Waals surface area contributed by atoms with Gasteiger partial charge in [-0.2, -0.15) is 0 Å². The van der Waals surface area contributed by atoms with Gasteiger partial charge in [-0.15, -0.1) is 0 Å². The normalized spacial score (nSPS) is 41.2. The lowest BCUT2D eigenvalue weighted by atomic mass is 9.94. The zero-order valence-electron chi connectivity index (χ0n) is 8.26. The van der Waals surface area contributed by atoms with Gasteiger partial charge in [0.1, 0.15) is 5.60 Å². The first-order valence-electron chi connectivity index (χ1n) is 4.45. The van der Waals surface area contributed by atoms with Crippen molar-refractivity contribution in [2.45, 2.75) is 51.6 Å². The zero-order valence-corrected chi connectivity index (χ0v) is 8.26. The van der Waals surface area contributed by atoms with Gasteiger partial charge < -0.3 is 14.6 Å². The summed E-state index contributed by atoms with van der Waals surface area (Å²) in [5.41, 5.74) is -0.905. The molecule has 12 heavy (non-hydrogen) atoms. The van der Waals surface area contributed by atoms with Crippen LogP contribution in [0.4, 0.5) is 0 Å². The van der Waals surface area contributed by atoms with E-state index in [1.165, 1.54) is 0 Å². The van der Waals surface area contributed by atoms with E-state index in [1.54, 1.807) is 13.8 Å². The molecule has 0 aromatic heterocycles. The Bertz CT molecular complexity index is 167. The van der Waals surface area contributed by atoms with Crippen LogP contribution in [-0.4, -0.2) is 29.2 Å². The molecule has 1 aliphatic heterocycles. The first kappa shape index (κ1) is 9.96. The van der Waals surface area contributed by atoms with Crippen molar-refractivity contribution >= 4 is 0 Å². The fourth-order valence-corrected chi connectivity index (χ4v) is 1.33. The molecule has 0 aliphatic carbocycles. The van der Waals surface area contributed by atoms with E-state index in [0.29, 0.717) is 13.0 Å². The molecule has 1 rings (SSSR count). The molecule has 0 unspecified atom stereocenters. The average Bonchev–Trinajstić information content (AvgIpc) is 2.33. The maximum Gasteiger partial charge on any atom is 0.194 e. The highest BCUT2D eigenvalue weighted by atomic mass is 16.8. The Kier molecular flexibility index (Phi) is 2.47. The lowest BCUT2D eigenvalue weighted by Crippen LogP contribution is -2.50. The molecule has 1 aliphatic rings. The van der Waals surface area contributed by atoms with Gasteiger partial charge in [-0.05, 0) is 27.2 Å². The van der Waals surface area contributed by atoms with Crippen LogP contribution in [0.25, 0.3) is 0 Å². The summed E-state index contributed by atoms with van der Waals surface area (Å²) in [6.07, 6.45) is 0.698. The first-order chi connectivity index (χ1) is 5.41. The van der Waals surface area contributed by atoms with Crippen molar-refractivity contribution in [3.63, 3.8) is 0 Å². The van der Waals surface area contributed by atoms with Gasteiger partial charge in [-0.25, -0.2) is 0 Å². The third-order valence-corrected chi connectivity index (χ3v) is 2.69. The highest BCUT2D eigenvalue weighted by Gasteiger charge is 2.49. The van der Waals surface area contributed by atoms with E-state index in [1.807, 2.05) is 13.8 Å². The smallest absolute Gasteiger partial charge is 0.194 e. The minimum absolute atomic E-state index is 0.0769. The zero-order chi connectivity index (χ0) is 9.41. The average molecular weight is 174 g/mol. The fraction of sp³-hybridized carbons (Fsp3) is 1.00. The van der Waals surface area contributed by atoms with Crippen LogP contribution in [0.5, 0.6) is 0 Å². The standard InChI is InChI=1S/C9H18O3/c1-5-8(3,10)9(4)11-6-7(2)12-9/h7,10H,5-6H2,1-4H3/t7-,8+,9+/m0/s1. The maximum atomic E-state index is 9.95. The van der Waals surface area contributed by atoms with Gasteiger partial charge in [0.25, 0.3) is 0 Å². The third-order valence-electron chi connectivity index (χ3n) is 2.69. The quantitative estimate of drug-likeness (QED) is 0.685. The molecule has 0 saturated carbocycles. The van der Waals surface area contributed by atoms with Crippen molar-refractivity contribution in [1.29, 1.82) is 0 Å². The molecule has 1 fully saturated rings. The molecule has 72 valence electrons. The van der Waals surface area contributed by atoms with Gasteiger partial charge in [-0.1, -0.05) is 6.92 Å². The van der Waals surface area contributed by atoms with Crippen LogP contribution >= 0.6 is 0 Å². The molecule has 1 N–H and O–H groups in total. The Morgan fingerprint density at radius 2 is 2.25 bits per heavy atom. The Hall–Kier alpha value is -0.120. The van der Waals surface area contributed by atoms with Gasteiger partial charge in [0.15, 0.2) is 5.79 Å². The van der Waals surface area contributed by atoms with Crippen molar-refractivity contribution in [1.82, 2.24) is 0 Å². The van der Waals surface area contributed by atoms with Crippen molar-refractivity contribution in [2.24, 2.45) is 0 Å². The molecule has 0 bridgehead atoms. The van der Waals surface area contributed by atoms with Crippen molar-refractivity contribution in [3.05, 3.63) is 0 Å². The van der Waals surface area contributed by atoms with Crippen molar-refractivity contribution in [3.8, 4) is 0 Å². The highest BCUT2D eigenvalue weighted by molar-refractivity contribution is 4.90. The topological polar surface area (TPSA) is 38.7 Å². The number of ether oxygens (including phenoxy) is 2. The molecule has 0 aromatic carbocycles. The van der Waals surface area contributed by atoms with Crippen LogP contribution in [0.2, 0.25) is 0 Å². The summed E-state index contributed by atoms with van der Waals surface area (Å²) in [7, 11) is 0. The minimum atomic E-state index is -0.905. The Morgan fingerprint density at radius 1 is 1.67 bits per heavy atom. The van der Waals surface area contributed by atoms with E-state index in [2.05, 4.69) is 0 Å². The van der Waals surface area contributed by atoms with E-state index in [9.17, 15) is 5.11 Å². The summed E-state index contributed by atoms with van der Waals surface area (Å²) in [6, 6.07) is 0. The summed E-state index contributed by atoms with van der Waals surface area (Å²) in [6.45, 7) is 7.95. The highest BCUT2D eigenvalue weighted by Crippen LogP contribution is 2.35. The summed E-state index contributed by atoms with van der Waals surface area (Å²) < 4.78 is 11.0. The summed E-state index contributed by atoms with van der Waals surface area (Å²) in [4.78, 5) is 0. The molecular weight excluding hydrogens is 156 g/mol. The molecular formula is C9H18O3. The summed E-state index contributed by atoms with van der Waals surface area (Å²) >= 11 is 0. The van der Waals surface area contributed by atoms with Crippen LogP contribution in [0.1, 0.15) is 34.1 Å². The SMILES string of the molecule is CC[C@@](C)(O)[C@]1(C)OC[C@H](C)O1. The van der Waals surface area contributed by atoms with E-state index < -0.39 is 11.4 Å². The van der Waals surface area contributed by atoms with E-state index in [0.717, 1.165) is 0 Å². The fourth-order valence-electron chi connectivity index (χ4n) is 1.33. The van der Waals surface area contributed by atoms with Gasteiger partial charge in [0, 0.05) is 0 Å². The second kappa shape index (κ2) is 2.98. The van der Waals surface area contributed by atoms with E-state index >= 15 is 0 Å². The minimum Gasteiger partial charge on any atom is -0.385 e. The molecule has 0 aromatic rings. The van der Waals surface area contributed by atoms with Crippen molar-refractivity contribution in [2.75, 3.05) is 6.61 Å². The molecule has 0 amide bonds. The Morgan fingerprint density at radius 3 is 2.58 bits per heavy atom. The number of rotatable bonds is 2. The van der Waals surface area contributed by atoms with Crippen LogP contribution in [0, 0.1) is 0 Å². The first-order valence-corrected chi connectivity index (χ1v) is 4.45. The monoisotopic (exact) mass is 174 g/mol. The van der Waals surface area contributed by atoms with Crippen LogP contribution in [-0.2, 0) is 9.47 Å².